The zero-order valence-electron chi connectivity index (χ0n) is 19.8. The fourth-order valence-electron chi connectivity index (χ4n) is 4.18. The van der Waals surface area contributed by atoms with Gasteiger partial charge in [-0.05, 0) is 41.5 Å². The molecule has 0 atom stereocenters. The summed E-state index contributed by atoms with van der Waals surface area (Å²) in [6.07, 6.45) is 1.27. The van der Waals surface area contributed by atoms with E-state index in [1.807, 2.05) is 42.5 Å². The number of hydrazone groups is 1. The van der Waals surface area contributed by atoms with Crippen LogP contribution in [0.3, 0.4) is 0 Å². The third-order valence-corrected chi connectivity index (χ3v) is 6.55. The van der Waals surface area contributed by atoms with E-state index in [0.717, 1.165) is 16.3 Å². The van der Waals surface area contributed by atoms with Gasteiger partial charge in [-0.15, -0.1) is 0 Å². The summed E-state index contributed by atoms with van der Waals surface area (Å²) in [5.74, 6) is -12.1. The van der Waals surface area contributed by atoms with Gasteiger partial charge in [-0.3, -0.25) is 4.79 Å². The van der Waals surface area contributed by atoms with Crippen LogP contribution < -0.4 is 9.75 Å². The molecule has 1 amide bonds. The number of amides is 1. The number of nitrogens with zero attached hydrogens (tertiary/aromatic N) is 2. The highest BCUT2D eigenvalue weighted by Crippen LogP contribution is 2.38. The van der Waals surface area contributed by atoms with Crippen molar-refractivity contribution in [2.45, 2.75) is 13.5 Å². The second-order valence-electron chi connectivity index (χ2n) is 8.51. The Hall–Kier alpha value is -3.95. The van der Waals surface area contributed by atoms with E-state index in [1.165, 1.54) is 25.1 Å². The topological polar surface area (TPSA) is 41.9 Å². The molecule has 11 heteroatoms. The van der Waals surface area contributed by atoms with Gasteiger partial charge in [0.2, 0.25) is 5.82 Å². The van der Waals surface area contributed by atoms with Gasteiger partial charge in [-0.1, -0.05) is 65.7 Å². The molecular formula is C28H15Cl2F5N2O2. The summed E-state index contributed by atoms with van der Waals surface area (Å²) in [4.78, 5) is 13.1. The number of halogens is 7. The summed E-state index contributed by atoms with van der Waals surface area (Å²) < 4.78 is 75.9. The number of ether oxygens (including phenoxy) is 1. The molecule has 0 unspecified atom stereocenters. The van der Waals surface area contributed by atoms with E-state index in [-0.39, 0.29) is 44.3 Å². The van der Waals surface area contributed by atoms with Gasteiger partial charge in [0.25, 0.3) is 5.91 Å². The highest BCUT2D eigenvalue weighted by Gasteiger charge is 2.37. The van der Waals surface area contributed by atoms with E-state index in [0.29, 0.717) is 0 Å². The van der Waals surface area contributed by atoms with Crippen LogP contribution in [0, 0.1) is 29.1 Å². The highest BCUT2D eigenvalue weighted by atomic mass is 35.5. The first kappa shape index (κ1) is 26.6. The molecule has 0 aromatic heterocycles. The number of carbonyl (C=O) groups is 1. The molecule has 0 fully saturated rings. The van der Waals surface area contributed by atoms with Crippen molar-refractivity contribution in [1.82, 2.24) is 0 Å². The lowest BCUT2D eigenvalue weighted by Crippen LogP contribution is -2.25. The quantitative estimate of drug-likeness (QED) is 0.104. The summed E-state index contributed by atoms with van der Waals surface area (Å²) in [5.41, 5.74) is -0.669. The number of fused-ring (bicyclic) bond motifs is 1. The molecule has 0 N–H and O–H groups in total. The van der Waals surface area contributed by atoms with Gasteiger partial charge in [-0.25, -0.2) is 22.0 Å². The molecule has 0 spiro atoms. The Labute approximate surface area is 228 Å². The molecule has 5 rings (SSSR count). The lowest BCUT2D eigenvalue weighted by molar-refractivity contribution is -0.114. The van der Waals surface area contributed by atoms with Crippen LogP contribution in [-0.2, 0) is 11.4 Å². The summed E-state index contributed by atoms with van der Waals surface area (Å²) in [5, 5.41) is 6.14. The van der Waals surface area contributed by atoms with Crippen LogP contribution in [0.2, 0.25) is 10.0 Å². The smallest absolute Gasteiger partial charge is 0.280 e. The molecule has 198 valence electrons. The Morgan fingerprint density at radius 2 is 1.54 bits per heavy atom. The van der Waals surface area contributed by atoms with Crippen molar-refractivity contribution < 1.29 is 31.5 Å². The molecular weight excluding hydrogens is 562 g/mol. The lowest BCUT2D eigenvalue weighted by Gasteiger charge is -2.15. The number of rotatable bonds is 5. The minimum atomic E-state index is -2.35. The summed E-state index contributed by atoms with van der Waals surface area (Å²) in [7, 11) is 0. The van der Waals surface area contributed by atoms with Crippen molar-refractivity contribution in [1.29, 1.82) is 0 Å². The first-order chi connectivity index (χ1) is 18.6. The van der Waals surface area contributed by atoms with E-state index < -0.39 is 40.7 Å². The molecule has 4 nitrogen and oxygen atoms in total. The van der Waals surface area contributed by atoms with Gasteiger partial charge in [-0.2, -0.15) is 10.1 Å². The summed E-state index contributed by atoms with van der Waals surface area (Å²) >= 11 is 12.6. The maximum Gasteiger partial charge on any atom is 0.280 e. The molecule has 4 aromatic carbocycles. The van der Waals surface area contributed by atoms with E-state index in [9.17, 15) is 26.7 Å². The maximum atomic E-state index is 14.4. The first-order valence-corrected chi connectivity index (χ1v) is 12.1. The molecule has 39 heavy (non-hydrogen) atoms. The van der Waals surface area contributed by atoms with Crippen LogP contribution in [0.25, 0.3) is 16.8 Å². The predicted molar refractivity (Wildman–Crippen MR) is 140 cm³/mol. The molecule has 0 saturated carbocycles. The zero-order valence-corrected chi connectivity index (χ0v) is 21.3. The number of anilines is 1. The van der Waals surface area contributed by atoms with Crippen molar-refractivity contribution >= 4 is 57.4 Å². The van der Waals surface area contributed by atoms with Crippen LogP contribution in [0.15, 0.2) is 65.3 Å². The molecule has 0 aliphatic carbocycles. The normalized spacial score (nSPS) is 14.5. The first-order valence-electron chi connectivity index (χ1n) is 11.3. The maximum absolute atomic E-state index is 14.4. The monoisotopic (exact) mass is 576 g/mol. The molecule has 4 aromatic rings. The number of benzene rings is 4. The van der Waals surface area contributed by atoms with Crippen LogP contribution in [0.4, 0.5) is 27.6 Å². The van der Waals surface area contributed by atoms with Crippen LogP contribution in [0.5, 0.6) is 5.75 Å². The van der Waals surface area contributed by atoms with Crippen LogP contribution >= 0.6 is 23.2 Å². The Balaban J connectivity index is 1.53. The minimum Gasteiger partial charge on any atom is -0.487 e. The molecule has 1 aliphatic rings. The molecule has 1 aliphatic heterocycles. The lowest BCUT2D eigenvalue weighted by atomic mass is 10.0. The number of carbonyl (C=O) groups excluding carboxylic acids is 1. The zero-order chi connectivity index (χ0) is 28.0. The molecule has 0 bridgehead atoms. The Morgan fingerprint density at radius 3 is 2.26 bits per heavy atom. The van der Waals surface area contributed by atoms with Crippen LogP contribution in [0.1, 0.15) is 18.1 Å². The second kappa shape index (κ2) is 10.3. The van der Waals surface area contributed by atoms with Crippen molar-refractivity contribution in [2.75, 3.05) is 5.01 Å². The van der Waals surface area contributed by atoms with Crippen molar-refractivity contribution in [3.05, 3.63) is 110 Å². The average Bonchev–Trinajstić information content (AvgIpc) is 3.18. The number of hydrogen-bond acceptors (Lipinski definition) is 3. The van der Waals surface area contributed by atoms with Gasteiger partial charge in [0, 0.05) is 10.6 Å². The standard InChI is InChI=1S/C28H15Cl2F5N2O2/c1-13-19(28(38)37(36-13)26-24(34)22(32)21(31)23(33)25(26)35)10-16-9-17(29)11-20(30)27(16)39-12-15-7-4-6-14-5-2-3-8-18(14)15/h2-11H,12H2,1H3/b19-10-. The fourth-order valence-corrected chi connectivity index (χ4v) is 4.74. The van der Waals surface area contributed by atoms with E-state index in [4.69, 9.17) is 27.9 Å². The second-order valence-corrected chi connectivity index (χ2v) is 9.36. The molecule has 1 heterocycles. The van der Waals surface area contributed by atoms with Crippen LogP contribution in [-0.4, -0.2) is 11.6 Å². The molecule has 0 saturated heterocycles. The fraction of sp³-hybridized carbons (Fsp3) is 0.0714. The van der Waals surface area contributed by atoms with Gasteiger partial charge < -0.3 is 4.74 Å². The summed E-state index contributed by atoms with van der Waals surface area (Å²) in [6.45, 7) is 1.43. The Morgan fingerprint density at radius 1 is 0.897 bits per heavy atom. The molecule has 0 radical (unpaired) electrons. The number of hydrogen-bond donors (Lipinski definition) is 0. The van der Waals surface area contributed by atoms with Gasteiger partial charge >= 0.3 is 0 Å². The Kier molecular flexibility index (Phi) is 7.05. The van der Waals surface area contributed by atoms with Crippen molar-refractivity contribution in [3.63, 3.8) is 0 Å². The third-order valence-electron chi connectivity index (χ3n) is 6.05. The minimum absolute atomic E-state index is 0.0555. The Bertz CT molecular complexity index is 1710. The van der Waals surface area contributed by atoms with E-state index in [1.54, 1.807) is 0 Å². The van der Waals surface area contributed by atoms with Gasteiger partial charge in [0.15, 0.2) is 23.3 Å². The summed E-state index contributed by atoms with van der Waals surface area (Å²) in [6, 6.07) is 16.3. The third kappa shape index (κ3) is 4.72. The predicted octanol–water partition coefficient (Wildman–Crippen LogP) is 8.23. The van der Waals surface area contributed by atoms with Crippen molar-refractivity contribution in [3.8, 4) is 5.75 Å². The largest absolute Gasteiger partial charge is 0.487 e. The SMILES string of the molecule is CC1=NN(c2c(F)c(F)c(F)c(F)c2F)C(=O)/C1=C\c1cc(Cl)cc(Cl)c1OCc1cccc2ccccc12. The van der Waals surface area contributed by atoms with E-state index in [2.05, 4.69) is 5.10 Å². The highest BCUT2D eigenvalue weighted by molar-refractivity contribution is 6.36. The van der Waals surface area contributed by atoms with Crippen molar-refractivity contribution in [2.24, 2.45) is 5.10 Å². The van der Waals surface area contributed by atoms with Gasteiger partial charge in [0.1, 0.15) is 18.0 Å². The average molecular weight is 577 g/mol. The van der Waals surface area contributed by atoms with E-state index >= 15 is 0 Å². The van der Waals surface area contributed by atoms with Gasteiger partial charge in [0.05, 0.1) is 16.3 Å².